The Hall–Kier alpha value is -4.64. The van der Waals surface area contributed by atoms with Gasteiger partial charge in [0.25, 0.3) is 5.91 Å². The number of hydrogen-bond acceptors (Lipinski definition) is 8. The molecule has 0 spiro atoms. The van der Waals surface area contributed by atoms with Gasteiger partial charge in [-0.15, -0.1) is 0 Å². The largest absolute Gasteiger partial charge is 0.454 e. The van der Waals surface area contributed by atoms with Crippen molar-refractivity contribution in [2.24, 2.45) is 9.98 Å². The molecule has 43 heavy (non-hydrogen) atoms. The van der Waals surface area contributed by atoms with Crippen molar-refractivity contribution in [3.63, 3.8) is 0 Å². The maximum absolute atomic E-state index is 13.7. The third kappa shape index (κ3) is 6.26. The number of nitrogens with zero attached hydrogens (tertiary/aromatic N) is 3. The zero-order chi connectivity index (χ0) is 29.8. The number of para-hydroxylation sites is 1. The van der Waals surface area contributed by atoms with Crippen LogP contribution in [0.1, 0.15) is 37.3 Å². The molecule has 2 N–H and O–H groups in total. The first kappa shape index (κ1) is 28.5. The summed E-state index contributed by atoms with van der Waals surface area (Å²) in [6.07, 6.45) is 1.69. The lowest BCUT2D eigenvalue weighted by Crippen LogP contribution is -2.42. The molecule has 10 nitrogen and oxygen atoms in total. The first-order chi connectivity index (χ1) is 21.0. The van der Waals surface area contributed by atoms with Crippen molar-refractivity contribution in [3.8, 4) is 11.5 Å². The number of thioether (sulfide) groups is 1. The molecule has 3 heterocycles. The molecule has 3 amide bonds. The van der Waals surface area contributed by atoms with Crippen molar-refractivity contribution in [1.29, 1.82) is 0 Å². The Morgan fingerprint density at radius 3 is 2.67 bits per heavy atom. The van der Waals surface area contributed by atoms with E-state index < -0.39 is 11.3 Å². The standard InChI is InChI=1S/C32H31N5O5S/c1-2-27(30(39)34-21-12-14-25-26(18-21)42-19-41-25)43-32-36-23-11-7-6-10-22(23)29-35-24(31(40)37(29)32)13-15-28(38)33-17-16-20-8-4-3-5-9-20/h3-12,14,18,24,27H,2,13,15-17,19H2,1H3,(H,33,38)(H,34,39)/t24-,27-/m0/s1. The van der Waals surface area contributed by atoms with Crippen LogP contribution in [-0.4, -0.2) is 58.3 Å². The molecular weight excluding hydrogens is 566 g/mol. The molecule has 0 fully saturated rings. The van der Waals surface area contributed by atoms with Gasteiger partial charge in [-0.05, 0) is 49.1 Å². The Balaban J connectivity index is 1.12. The molecule has 3 aromatic carbocycles. The Morgan fingerprint density at radius 1 is 1.05 bits per heavy atom. The van der Waals surface area contributed by atoms with Gasteiger partial charge in [0.1, 0.15) is 11.9 Å². The fraction of sp³-hybridized carbons (Fsp3) is 0.281. The van der Waals surface area contributed by atoms with Gasteiger partial charge in [0.2, 0.25) is 18.6 Å². The molecule has 3 aliphatic heterocycles. The lowest BCUT2D eigenvalue weighted by Gasteiger charge is -2.27. The van der Waals surface area contributed by atoms with E-state index >= 15 is 0 Å². The second-order valence-electron chi connectivity index (χ2n) is 10.2. The molecule has 0 radical (unpaired) electrons. The predicted octanol–water partition coefficient (Wildman–Crippen LogP) is 4.66. The van der Waals surface area contributed by atoms with Gasteiger partial charge in [0.05, 0.1) is 10.9 Å². The normalized spacial score (nSPS) is 17.0. The van der Waals surface area contributed by atoms with Gasteiger partial charge in [0, 0.05) is 30.3 Å². The molecule has 0 saturated heterocycles. The number of anilines is 1. The lowest BCUT2D eigenvalue weighted by molar-refractivity contribution is -0.125. The van der Waals surface area contributed by atoms with Crippen LogP contribution in [-0.2, 0) is 20.8 Å². The Kier molecular flexibility index (Phi) is 8.41. The summed E-state index contributed by atoms with van der Waals surface area (Å²) in [5.41, 5.74) is 3.16. The fourth-order valence-corrected chi connectivity index (χ4v) is 6.08. The van der Waals surface area contributed by atoms with E-state index in [1.807, 2.05) is 61.5 Å². The van der Waals surface area contributed by atoms with Gasteiger partial charge in [-0.2, -0.15) is 0 Å². The van der Waals surface area contributed by atoms with E-state index in [9.17, 15) is 14.4 Å². The van der Waals surface area contributed by atoms with Gasteiger partial charge >= 0.3 is 0 Å². The third-order valence-corrected chi connectivity index (χ3v) is 8.64. The average molecular weight is 598 g/mol. The number of benzene rings is 3. The van der Waals surface area contributed by atoms with Crippen molar-refractivity contribution >= 4 is 51.9 Å². The first-order valence-corrected chi connectivity index (χ1v) is 15.2. The van der Waals surface area contributed by atoms with E-state index in [2.05, 4.69) is 10.6 Å². The number of rotatable bonds is 10. The number of amides is 3. The van der Waals surface area contributed by atoms with E-state index in [0.29, 0.717) is 46.8 Å². The summed E-state index contributed by atoms with van der Waals surface area (Å²) in [6, 6.07) is 22.0. The lowest BCUT2D eigenvalue weighted by atomic mass is 10.1. The predicted molar refractivity (Wildman–Crippen MR) is 166 cm³/mol. The number of nitrogens with one attached hydrogen (secondary N) is 2. The minimum atomic E-state index is -0.714. The molecular formula is C32H31N5O5S. The molecule has 0 aliphatic carbocycles. The number of amidine groups is 2. The van der Waals surface area contributed by atoms with Gasteiger partial charge < -0.3 is 20.1 Å². The number of hydrogen-bond donors (Lipinski definition) is 2. The fourth-order valence-electron chi connectivity index (χ4n) is 5.06. The van der Waals surface area contributed by atoms with Gasteiger partial charge in [-0.25, -0.2) is 9.89 Å². The van der Waals surface area contributed by atoms with Crippen LogP contribution >= 0.6 is 11.8 Å². The van der Waals surface area contributed by atoms with Crippen molar-refractivity contribution in [3.05, 3.63) is 83.9 Å². The summed E-state index contributed by atoms with van der Waals surface area (Å²) >= 11 is 1.22. The van der Waals surface area contributed by atoms with Gasteiger partial charge in [0.15, 0.2) is 16.7 Å². The number of ether oxygens (including phenoxy) is 2. The topological polar surface area (TPSA) is 122 Å². The maximum atomic E-state index is 13.7. The molecule has 6 rings (SSSR count). The van der Waals surface area contributed by atoms with Crippen LogP contribution < -0.4 is 20.1 Å². The maximum Gasteiger partial charge on any atom is 0.259 e. The molecule has 0 bridgehead atoms. The minimum absolute atomic E-state index is 0.122. The summed E-state index contributed by atoms with van der Waals surface area (Å²) in [6.45, 7) is 2.58. The molecule has 2 atom stereocenters. The van der Waals surface area contributed by atoms with E-state index in [1.54, 1.807) is 18.2 Å². The molecule has 3 aromatic rings. The monoisotopic (exact) mass is 597 g/mol. The highest BCUT2D eigenvalue weighted by atomic mass is 32.2. The number of carbonyl (C=O) groups is 3. The smallest absolute Gasteiger partial charge is 0.259 e. The zero-order valence-electron chi connectivity index (χ0n) is 23.6. The number of aliphatic imine (C=N–C) groups is 2. The highest BCUT2D eigenvalue weighted by molar-refractivity contribution is 8.15. The summed E-state index contributed by atoms with van der Waals surface area (Å²) in [5, 5.41) is 5.74. The Bertz CT molecular complexity index is 1610. The minimum Gasteiger partial charge on any atom is -0.454 e. The van der Waals surface area contributed by atoms with Crippen LogP contribution in [0.4, 0.5) is 11.4 Å². The Labute approximate surface area is 253 Å². The second kappa shape index (κ2) is 12.7. The molecule has 0 unspecified atom stereocenters. The Morgan fingerprint density at radius 2 is 1.84 bits per heavy atom. The van der Waals surface area contributed by atoms with Crippen LogP contribution in [0.25, 0.3) is 0 Å². The SMILES string of the molecule is CC[C@H](SC1=Nc2ccccc2C2=N[C@@H](CCC(=O)NCCc3ccccc3)C(=O)N12)C(=O)Nc1ccc2c(c1)OCO2. The van der Waals surface area contributed by atoms with Crippen LogP contribution in [0.15, 0.2) is 82.8 Å². The van der Waals surface area contributed by atoms with Gasteiger partial charge in [-0.3, -0.25) is 19.4 Å². The van der Waals surface area contributed by atoms with Crippen molar-refractivity contribution < 1.29 is 23.9 Å². The molecule has 3 aliphatic rings. The van der Waals surface area contributed by atoms with Crippen LogP contribution in [0.5, 0.6) is 11.5 Å². The molecule has 220 valence electrons. The van der Waals surface area contributed by atoms with Crippen molar-refractivity contribution in [2.75, 3.05) is 18.7 Å². The highest BCUT2D eigenvalue weighted by Crippen LogP contribution is 2.37. The highest BCUT2D eigenvalue weighted by Gasteiger charge is 2.42. The van der Waals surface area contributed by atoms with E-state index in [0.717, 1.165) is 17.5 Å². The summed E-state index contributed by atoms with van der Waals surface area (Å²) in [4.78, 5) is 50.6. The van der Waals surface area contributed by atoms with Crippen LogP contribution in [0.2, 0.25) is 0 Å². The molecule has 0 saturated carbocycles. The second-order valence-corrected chi connectivity index (χ2v) is 11.4. The summed E-state index contributed by atoms with van der Waals surface area (Å²) in [7, 11) is 0. The molecule has 11 heteroatoms. The number of carbonyl (C=O) groups excluding carboxylic acids is 3. The third-order valence-electron chi connectivity index (χ3n) is 7.32. The van der Waals surface area contributed by atoms with Crippen molar-refractivity contribution in [2.45, 2.75) is 43.9 Å². The van der Waals surface area contributed by atoms with E-state index in [4.69, 9.17) is 19.5 Å². The molecule has 0 aromatic heterocycles. The first-order valence-electron chi connectivity index (χ1n) is 14.3. The van der Waals surface area contributed by atoms with Crippen LogP contribution in [0, 0.1) is 0 Å². The quantitative estimate of drug-likeness (QED) is 0.351. The van der Waals surface area contributed by atoms with E-state index in [1.165, 1.54) is 16.7 Å². The van der Waals surface area contributed by atoms with E-state index in [-0.39, 0.29) is 37.4 Å². The number of fused-ring (bicyclic) bond motifs is 4. The van der Waals surface area contributed by atoms with Crippen molar-refractivity contribution in [1.82, 2.24) is 10.2 Å². The zero-order valence-corrected chi connectivity index (χ0v) is 24.4. The van der Waals surface area contributed by atoms with Gasteiger partial charge in [-0.1, -0.05) is 61.2 Å². The summed E-state index contributed by atoms with van der Waals surface area (Å²) in [5.74, 6) is 1.11. The summed E-state index contributed by atoms with van der Waals surface area (Å²) < 4.78 is 10.8. The average Bonchev–Trinajstić information content (AvgIpc) is 3.63. The van der Waals surface area contributed by atoms with Crippen LogP contribution in [0.3, 0.4) is 0 Å².